The fraction of sp³-hybridized carbons (Fsp3) is 0.889. The summed E-state index contributed by atoms with van der Waals surface area (Å²) in [7, 11) is 0. The molecule has 14 heavy (non-hydrogen) atoms. The highest BCUT2D eigenvalue weighted by atomic mass is 35.5. The van der Waals surface area contributed by atoms with Gasteiger partial charge in [0.25, 0.3) is 0 Å². The molecule has 0 aromatic carbocycles. The summed E-state index contributed by atoms with van der Waals surface area (Å²) in [5.41, 5.74) is 0. The van der Waals surface area contributed by atoms with Crippen molar-refractivity contribution in [3.8, 4) is 0 Å². The molecule has 0 bridgehead atoms. The van der Waals surface area contributed by atoms with Crippen molar-refractivity contribution in [2.24, 2.45) is 0 Å². The lowest BCUT2D eigenvalue weighted by Crippen LogP contribution is -2.44. The molecule has 1 rings (SSSR count). The van der Waals surface area contributed by atoms with Crippen LogP contribution in [0.1, 0.15) is 19.8 Å². The van der Waals surface area contributed by atoms with Gasteiger partial charge in [-0.1, -0.05) is 0 Å². The normalized spacial score (nSPS) is 22.6. The van der Waals surface area contributed by atoms with E-state index in [1.807, 2.05) is 6.92 Å². The Morgan fingerprint density at radius 1 is 1.71 bits per heavy atom. The van der Waals surface area contributed by atoms with E-state index >= 15 is 0 Å². The Morgan fingerprint density at radius 2 is 2.43 bits per heavy atom. The minimum Gasteiger partial charge on any atom is -0.351 e. The van der Waals surface area contributed by atoms with Gasteiger partial charge in [-0.3, -0.25) is 4.79 Å². The van der Waals surface area contributed by atoms with Crippen molar-refractivity contribution in [2.75, 3.05) is 18.6 Å². The van der Waals surface area contributed by atoms with Crippen molar-refractivity contribution < 1.29 is 4.79 Å². The molecule has 0 aromatic heterocycles. The maximum Gasteiger partial charge on any atom is 0.237 e. The zero-order valence-corrected chi connectivity index (χ0v) is 10.3. The highest BCUT2D eigenvalue weighted by Crippen LogP contribution is 2.05. The first-order valence-electron chi connectivity index (χ1n) is 4.76. The van der Waals surface area contributed by atoms with Gasteiger partial charge in [-0.25, -0.2) is 0 Å². The van der Waals surface area contributed by atoms with Crippen LogP contribution < -0.4 is 10.6 Å². The van der Waals surface area contributed by atoms with Crippen LogP contribution in [0.4, 0.5) is 0 Å². The first-order chi connectivity index (χ1) is 6.24. The van der Waals surface area contributed by atoms with Crippen LogP contribution in [0.3, 0.4) is 0 Å². The van der Waals surface area contributed by atoms with Crippen LogP contribution in [0.15, 0.2) is 0 Å². The zero-order chi connectivity index (χ0) is 9.68. The Labute approximate surface area is 96.2 Å². The van der Waals surface area contributed by atoms with Crippen LogP contribution in [0.2, 0.25) is 0 Å². The Kier molecular flexibility index (Phi) is 7.41. The molecule has 84 valence electrons. The summed E-state index contributed by atoms with van der Waals surface area (Å²) in [4.78, 5) is 11.5. The number of nitrogens with one attached hydrogen (secondary N) is 2. The van der Waals surface area contributed by atoms with Crippen molar-refractivity contribution in [1.82, 2.24) is 10.6 Å². The van der Waals surface area contributed by atoms with E-state index in [9.17, 15) is 4.79 Å². The predicted molar refractivity (Wildman–Crippen MR) is 64.3 cm³/mol. The summed E-state index contributed by atoms with van der Waals surface area (Å²) >= 11 is 1.76. The molecule has 3 nitrogen and oxygen atoms in total. The first-order valence-corrected chi connectivity index (χ1v) is 6.16. The van der Waals surface area contributed by atoms with Crippen molar-refractivity contribution in [3.63, 3.8) is 0 Å². The van der Waals surface area contributed by atoms with Crippen molar-refractivity contribution in [1.29, 1.82) is 0 Å². The van der Waals surface area contributed by atoms with Crippen molar-refractivity contribution >= 4 is 30.1 Å². The molecule has 1 saturated heterocycles. The van der Waals surface area contributed by atoms with E-state index in [-0.39, 0.29) is 30.4 Å². The fourth-order valence-corrected chi connectivity index (χ4v) is 2.13. The second-order valence-electron chi connectivity index (χ2n) is 3.51. The number of thioether (sulfide) groups is 1. The van der Waals surface area contributed by atoms with Gasteiger partial charge in [0.15, 0.2) is 0 Å². The lowest BCUT2D eigenvalue weighted by atomic mass is 10.2. The molecule has 1 fully saturated rings. The van der Waals surface area contributed by atoms with E-state index in [0.717, 1.165) is 25.1 Å². The number of hydrogen-bond donors (Lipinski definition) is 2. The third kappa shape index (κ3) is 4.53. The third-order valence-electron chi connectivity index (χ3n) is 2.18. The Balaban J connectivity index is 0.00000169. The van der Waals surface area contributed by atoms with Crippen LogP contribution in [-0.4, -0.2) is 36.5 Å². The topological polar surface area (TPSA) is 41.1 Å². The summed E-state index contributed by atoms with van der Waals surface area (Å²) < 4.78 is 0. The molecule has 2 atom stereocenters. The van der Waals surface area contributed by atoms with Gasteiger partial charge >= 0.3 is 0 Å². The Morgan fingerprint density at radius 3 is 2.93 bits per heavy atom. The molecule has 0 radical (unpaired) electrons. The van der Waals surface area contributed by atoms with Crippen LogP contribution in [0, 0.1) is 0 Å². The minimum absolute atomic E-state index is 0. The second kappa shape index (κ2) is 7.37. The van der Waals surface area contributed by atoms with Crippen LogP contribution in [0.5, 0.6) is 0 Å². The van der Waals surface area contributed by atoms with E-state index < -0.39 is 0 Å². The number of hydrogen-bond acceptors (Lipinski definition) is 3. The van der Waals surface area contributed by atoms with Gasteiger partial charge in [0.2, 0.25) is 5.91 Å². The number of halogens is 1. The van der Waals surface area contributed by atoms with Gasteiger partial charge < -0.3 is 10.6 Å². The monoisotopic (exact) mass is 238 g/mol. The average Bonchev–Trinajstić information content (AvgIpc) is 2.55. The maximum absolute atomic E-state index is 11.5. The number of carbonyl (C=O) groups is 1. The molecule has 0 aromatic rings. The third-order valence-corrected chi connectivity index (χ3v) is 3.02. The molecule has 5 heteroatoms. The van der Waals surface area contributed by atoms with Crippen LogP contribution in [-0.2, 0) is 4.79 Å². The highest BCUT2D eigenvalue weighted by Gasteiger charge is 2.22. The Hall–Kier alpha value is 0.0700. The molecule has 1 amide bonds. The molecule has 1 aliphatic rings. The standard InChI is InChI=1S/C9H18N2OS.ClH/c1-7(6-13-2)11-9(12)8-4-3-5-10-8;/h7-8,10H,3-6H2,1-2H3,(H,11,12);1H. The van der Waals surface area contributed by atoms with Gasteiger partial charge in [0, 0.05) is 11.8 Å². The van der Waals surface area contributed by atoms with E-state index in [4.69, 9.17) is 0 Å². The summed E-state index contributed by atoms with van der Waals surface area (Å²) in [6, 6.07) is 0.342. The number of carbonyl (C=O) groups excluding carboxylic acids is 1. The van der Waals surface area contributed by atoms with Crippen molar-refractivity contribution in [2.45, 2.75) is 31.8 Å². The van der Waals surface area contributed by atoms with E-state index in [1.54, 1.807) is 11.8 Å². The van der Waals surface area contributed by atoms with E-state index in [0.29, 0.717) is 0 Å². The van der Waals surface area contributed by atoms with Crippen LogP contribution in [0.25, 0.3) is 0 Å². The molecule has 1 heterocycles. The lowest BCUT2D eigenvalue weighted by Gasteiger charge is -2.16. The van der Waals surface area contributed by atoms with Gasteiger partial charge in [-0.05, 0) is 32.6 Å². The maximum atomic E-state index is 11.5. The van der Waals surface area contributed by atoms with Gasteiger partial charge in [-0.15, -0.1) is 12.4 Å². The quantitative estimate of drug-likeness (QED) is 0.769. The smallest absolute Gasteiger partial charge is 0.237 e. The molecule has 2 unspecified atom stereocenters. The zero-order valence-electron chi connectivity index (χ0n) is 8.71. The molecular weight excluding hydrogens is 220 g/mol. The SMILES string of the molecule is CSCC(C)NC(=O)C1CCCN1.Cl. The predicted octanol–water partition coefficient (Wildman–Crippen LogP) is 1.03. The fourth-order valence-electron chi connectivity index (χ4n) is 1.54. The first kappa shape index (κ1) is 14.1. The number of amides is 1. The summed E-state index contributed by atoms with van der Waals surface area (Å²) in [5, 5.41) is 6.19. The summed E-state index contributed by atoms with van der Waals surface area (Å²) in [6.07, 6.45) is 4.16. The molecular formula is C9H19ClN2OS. The van der Waals surface area contributed by atoms with Gasteiger partial charge in [-0.2, -0.15) is 11.8 Å². The largest absolute Gasteiger partial charge is 0.351 e. The van der Waals surface area contributed by atoms with E-state index in [1.165, 1.54) is 0 Å². The average molecular weight is 239 g/mol. The summed E-state index contributed by atoms with van der Waals surface area (Å²) in [6.45, 7) is 3.03. The second-order valence-corrected chi connectivity index (χ2v) is 4.42. The molecule has 2 N–H and O–H groups in total. The number of rotatable bonds is 4. The lowest BCUT2D eigenvalue weighted by molar-refractivity contribution is -0.123. The van der Waals surface area contributed by atoms with Gasteiger partial charge in [0.1, 0.15) is 0 Å². The highest BCUT2D eigenvalue weighted by molar-refractivity contribution is 7.98. The van der Waals surface area contributed by atoms with Crippen LogP contribution >= 0.6 is 24.2 Å². The molecule has 0 saturated carbocycles. The molecule has 1 aliphatic heterocycles. The minimum atomic E-state index is 0. The Bertz CT molecular complexity index is 174. The molecule has 0 spiro atoms. The molecule has 0 aliphatic carbocycles. The van der Waals surface area contributed by atoms with E-state index in [2.05, 4.69) is 16.9 Å². The van der Waals surface area contributed by atoms with Gasteiger partial charge in [0.05, 0.1) is 6.04 Å². The summed E-state index contributed by atoms with van der Waals surface area (Å²) in [5.74, 6) is 1.15. The van der Waals surface area contributed by atoms with Crippen molar-refractivity contribution in [3.05, 3.63) is 0 Å².